The molecule has 2 aromatic heterocycles. The molecule has 1 saturated heterocycles. The Balaban J connectivity index is 1.78. The van der Waals surface area contributed by atoms with Gasteiger partial charge < -0.3 is 15.2 Å². The Morgan fingerprint density at radius 2 is 2.00 bits per heavy atom. The monoisotopic (exact) mass is 466 g/mol. The van der Waals surface area contributed by atoms with Crippen LogP contribution in [0.3, 0.4) is 0 Å². The number of carbonyl (C=O) groups excluding carboxylic acids is 1. The van der Waals surface area contributed by atoms with Gasteiger partial charge in [-0.25, -0.2) is 9.67 Å². The molecule has 1 aromatic carbocycles. The van der Waals surface area contributed by atoms with Crippen molar-refractivity contribution in [2.45, 2.75) is 38.3 Å². The van der Waals surface area contributed by atoms with Crippen LogP contribution in [0.5, 0.6) is 5.75 Å². The highest BCUT2D eigenvalue weighted by Gasteiger charge is 2.35. The van der Waals surface area contributed by atoms with E-state index >= 15 is 0 Å². The maximum atomic E-state index is 12.7. The summed E-state index contributed by atoms with van der Waals surface area (Å²) in [6, 6.07) is 6.87. The molecule has 0 saturated carbocycles. The van der Waals surface area contributed by atoms with Crippen molar-refractivity contribution >= 4 is 28.7 Å². The van der Waals surface area contributed by atoms with Gasteiger partial charge in [0.1, 0.15) is 17.0 Å². The molecule has 4 rings (SSSR count). The minimum absolute atomic E-state index is 0.238. The summed E-state index contributed by atoms with van der Waals surface area (Å²) >= 11 is 1.74. The van der Waals surface area contributed by atoms with Gasteiger partial charge >= 0.3 is 6.36 Å². The number of amides is 1. The van der Waals surface area contributed by atoms with E-state index in [9.17, 15) is 23.1 Å². The Kier molecular flexibility index (Phi) is 5.36. The summed E-state index contributed by atoms with van der Waals surface area (Å²) in [7, 11) is 0. The van der Waals surface area contributed by atoms with E-state index < -0.39 is 17.7 Å². The first-order chi connectivity index (χ1) is 14.8. The van der Waals surface area contributed by atoms with Gasteiger partial charge in [0.25, 0.3) is 5.91 Å². The van der Waals surface area contributed by atoms with Crippen molar-refractivity contribution < 1.29 is 27.8 Å². The Morgan fingerprint density at radius 3 is 2.59 bits per heavy atom. The number of fused-ring (bicyclic) bond motifs is 1. The van der Waals surface area contributed by atoms with Crippen LogP contribution in [0, 0.1) is 0 Å². The first-order valence-corrected chi connectivity index (χ1v) is 10.9. The molecular formula is C21H21F3N4O3S. The summed E-state index contributed by atoms with van der Waals surface area (Å²) in [4.78, 5) is 17.1. The zero-order valence-corrected chi connectivity index (χ0v) is 18.3. The van der Waals surface area contributed by atoms with Gasteiger partial charge in [0.15, 0.2) is 5.65 Å². The van der Waals surface area contributed by atoms with Crippen LogP contribution in [-0.2, 0) is 5.60 Å². The third kappa shape index (κ3) is 4.53. The van der Waals surface area contributed by atoms with Gasteiger partial charge in [-0.1, -0.05) is 6.07 Å². The van der Waals surface area contributed by atoms with Crippen molar-refractivity contribution in [3.8, 4) is 11.4 Å². The van der Waals surface area contributed by atoms with Gasteiger partial charge in [-0.3, -0.25) is 4.79 Å². The van der Waals surface area contributed by atoms with Crippen molar-refractivity contribution in [3.63, 3.8) is 0 Å². The fourth-order valence-electron chi connectivity index (χ4n) is 3.40. The summed E-state index contributed by atoms with van der Waals surface area (Å²) in [5, 5.41) is 18.4. The second kappa shape index (κ2) is 7.66. The maximum absolute atomic E-state index is 12.7. The zero-order valence-electron chi connectivity index (χ0n) is 17.5. The Labute approximate surface area is 186 Å². The van der Waals surface area contributed by atoms with Crippen LogP contribution >= 0.6 is 11.8 Å². The van der Waals surface area contributed by atoms with Crippen molar-refractivity contribution in [2.24, 2.45) is 0 Å². The largest absolute Gasteiger partial charge is 0.573 e. The van der Waals surface area contributed by atoms with Gasteiger partial charge in [0.2, 0.25) is 0 Å². The highest BCUT2D eigenvalue weighted by molar-refractivity contribution is 8.00. The molecule has 1 amide bonds. The number of halogens is 3. The number of nitrogens with zero attached hydrogens (tertiary/aromatic N) is 3. The van der Waals surface area contributed by atoms with Crippen LogP contribution in [0.1, 0.15) is 36.8 Å². The van der Waals surface area contributed by atoms with E-state index in [0.29, 0.717) is 10.9 Å². The fraction of sp³-hybridized carbons (Fsp3) is 0.381. The third-order valence-corrected chi connectivity index (χ3v) is 6.60. The molecule has 1 aliphatic heterocycles. The number of aromatic nitrogens is 3. The molecule has 1 fully saturated rings. The standard InChI is InChI=1S/C21H21F3N4O3S/c1-19(2,30)16-15-7-12(18(29)26-20(3)10-32-11-20)9-25-17(15)28(27-16)13-5-4-6-14(8-13)31-21(22,23)24/h4-9,30H,10-11H2,1-3H3,(H,26,29). The topological polar surface area (TPSA) is 89.3 Å². The summed E-state index contributed by atoms with van der Waals surface area (Å²) in [6.07, 6.45) is -3.45. The number of ether oxygens (including phenoxy) is 1. The summed E-state index contributed by atoms with van der Waals surface area (Å²) in [5.74, 6) is 0.929. The molecule has 11 heteroatoms. The molecule has 1 aliphatic rings. The van der Waals surface area contributed by atoms with E-state index in [2.05, 4.69) is 20.1 Å². The molecule has 0 radical (unpaired) electrons. The molecule has 0 aliphatic carbocycles. The first kappa shape index (κ1) is 22.4. The molecule has 0 unspecified atom stereocenters. The van der Waals surface area contributed by atoms with Crippen molar-refractivity contribution in [2.75, 3.05) is 11.5 Å². The van der Waals surface area contributed by atoms with Crippen molar-refractivity contribution in [1.82, 2.24) is 20.1 Å². The number of carbonyl (C=O) groups is 1. The highest BCUT2D eigenvalue weighted by atomic mass is 32.2. The van der Waals surface area contributed by atoms with Gasteiger partial charge in [-0.15, -0.1) is 13.2 Å². The van der Waals surface area contributed by atoms with Crippen LogP contribution in [0.25, 0.3) is 16.7 Å². The number of nitrogens with one attached hydrogen (secondary N) is 1. The van der Waals surface area contributed by atoms with E-state index in [4.69, 9.17) is 0 Å². The molecule has 170 valence electrons. The smallest absolute Gasteiger partial charge is 0.406 e. The van der Waals surface area contributed by atoms with Crippen LogP contribution < -0.4 is 10.1 Å². The van der Waals surface area contributed by atoms with Gasteiger partial charge in [-0.2, -0.15) is 16.9 Å². The lowest BCUT2D eigenvalue weighted by atomic mass is 10.0. The van der Waals surface area contributed by atoms with Gasteiger partial charge in [0, 0.05) is 29.2 Å². The number of aliphatic hydroxyl groups is 1. The van der Waals surface area contributed by atoms with Gasteiger partial charge in [0.05, 0.1) is 16.8 Å². The molecule has 3 heterocycles. The molecular weight excluding hydrogens is 445 g/mol. The van der Waals surface area contributed by atoms with E-state index in [-0.39, 0.29) is 28.5 Å². The lowest BCUT2D eigenvalue weighted by Gasteiger charge is -2.38. The van der Waals surface area contributed by atoms with E-state index in [1.165, 1.54) is 42.9 Å². The van der Waals surface area contributed by atoms with E-state index in [1.807, 2.05) is 6.92 Å². The van der Waals surface area contributed by atoms with Crippen molar-refractivity contribution in [3.05, 3.63) is 47.8 Å². The van der Waals surface area contributed by atoms with Crippen LogP contribution in [0.15, 0.2) is 36.5 Å². The summed E-state index contributed by atoms with van der Waals surface area (Å²) in [5.41, 5.74) is -0.586. The van der Waals surface area contributed by atoms with Crippen LogP contribution in [0.4, 0.5) is 13.2 Å². The number of rotatable bonds is 5. The van der Waals surface area contributed by atoms with E-state index in [0.717, 1.165) is 11.5 Å². The fourth-order valence-corrected chi connectivity index (χ4v) is 4.36. The Hall–Kier alpha value is -2.79. The summed E-state index contributed by atoms with van der Waals surface area (Å²) < 4.78 is 43.2. The lowest BCUT2D eigenvalue weighted by Crippen LogP contribution is -2.55. The average Bonchev–Trinajstić information content (AvgIpc) is 3.05. The Bertz CT molecular complexity index is 1180. The van der Waals surface area contributed by atoms with Crippen LogP contribution in [-0.4, -0.2) is 49.2 Å². The molecule has 3 aromatic rings. The molecule has 0 bridgehead atoms. The molecule has 0 atom stereocenters. The predicted molar refractivity (Wildman–Crippen MR) is 114 cm³/mol. The minimum Gasteiger partial charge on any atom is -0.406 e. The molecule has 0 spiro atoms. The third-order valence-electron chi connectivity index (χ3n) is 4.92. The second-order valence-corrected chi connectivity index (χ2v) is 9.45. The second-order valence-electron chi connectivity index (χ2n) is 8.47. The average molecular weight is 466 g/mol. The normalized spacial score (nSPS) is 16.0. The minimum atomic E-state index is -4.83. The summed E-state index contributed by atoms with van der Waals surface area (Å²) in [6.45, 7) is 5.02. The lowest BCUT2D eigenvalue weighted by molar-refractivity contribution is -0.274. The zero-order chi connectivity index (χ0) is 23.3. The molecule has 7 nitrogen and oxygen atoms in total. The number of alkyl halides is 3. The van der Waals surface area contributed by atoms with Gasteiger partial charge in [-0.05, 0) is 39.0 Å². The Morgan fingerprint density at radius 1 is 1.28 bits per heavy atom. The maximum Gasteiger partial charge on any atom is 0.573 e. The SMILES string of the molecule is CC1(NC(=O)c2cnc3c(c2)c(C(C)(C)O)nn3-c2cccc(OC(F)(F)F)c2)CSC1. The highest BCUT2D eigenvalue weighted by Crippen LogP contribution is 2.32. The predicted octanol–water partition coefficient (Wildman–Crippen LogP) is 3.78. The quantitative estimate of drug-likeness (QED) is 0.595. The number of hydrogen-bond acceptors (Lipinski definition) is 6. The number of benzene rings is 1. The number of thioether (sulfide) groups is 1. The number of pyridine rings is 1. The number of hydrogen-bond donors (Lipinski definition) is 2. The first-order valence-electron chi connectivity index (χ1n) is 9.73. The van der Waals surface area contributed by atoms with Crippen LogP contribution in [0.2, 0.25) is 0 Å². The molecule has 2 N–H and O–H groups in total. The molecule has 32 heavy (non-hydrogen) atoms. The van der Waals surface area contributed by atoms with Crippen molar-refractivity contribution in [1.29, 1.82) is 0 Å². The van der Waals surface area contributed by atoms with E-state index in [1.54, 1.807) is 23.9 Å².